The summed E-state index contributed by atoms with van der Waals surface area (Å²) in [5.41, 5.74) is 4.49. The summed E-state index contributed by atoms with van der Waals surface area (Å²) in [4.78, 5) is 5.35. The maximum absolute atomic E-state index is 6.34. The first-order valence-corrected chi connectivity index (χ1v) is 6.79. The van der Waals surface area contributed by atoms with Gasteiger partial charge in [-0.1, -0.05) is 28.4 Å². The largest absolute Gasteiger partial charge is 0.487 e. The zero-order valence-electron chi connectivity index (χ0n) is 10.8. The fourth-order valence-electron chi connectivity index (χ4n) is 2.60. The Morgan fingerprint density at radius 2 is 1.68 bits per heavy atom. The van der Waals surface area contributed by atoms with Crippen molar-refractivity contribution >= 4 is 28.9 Å². The molecule has 3 nitrogen and oxygen atoms in total. The number of oxime groups is 1. The van der Waals surface area contributed by atoms with Gasteiger partial charge in [-0.3, -0.25) is 0 Å². The predicted molar refractivity (Wildman–Crippen MR) is 76.1 cm³/mol. The Morgan fingerprint density at radius 1 is 1.05 bits per heavy atom. The lowest BCUT2D eigenvalue weighted by Crippen LogP contribution is -2.27. The van der Waals surface area contributed by atoms with Crippen LogP contribution in [0.15, 0.2) is 17.5 Å². The maximum Gasteiger partial charge on any atom is 0.191 e. The van der Waals surface area contributed by atoms with Crippen molar-refractivity contribution in [1.29, 1.82) is 0 Å². The molecule has 0 aromatic heterocycles. The van der Waals surface area contributed by atoms with E-state index in [1.165, 1.54) is 0 Å². The molecule has 2 heterocycles. The smallest absolute Gasteiger partial charge is 0.191 e. The number of halogens is 2. The lowest BCUT2D eigenvalue weighted by Gasteiger charge is -2.18. The number of fused-ring (bicyclic) bond motifs is 1. The van der Waals surface area contributed by atoms with E-state index in [4.69, 9.17) is 32.8 Å². The van der Waals surface area contributed by atoms with Gasteiger partial charge in [0.05, 0.1) is 6.26 Å². The van der Waals surface area contributed by atoms with Crippen molar-refractivity contribution in [2.75, 3.05) is 0 Å². The Labute approximate surface area is 121 Å². The third kappa shape index (κ3) is 1.76. The van der Waals surface area contributed by atoms with Crippen LogP contribution in [0.4, 0.5) is 0 Å². The lowest BCUT2D eigenvalue weighted by molar-refractivity contribution is 0.0678. The van der Waals surface area contributed by atoms with E-state index in [9.17, 15) is 0 Å². The highest BCUT2D eigenvalue weighted by Crippen LogP contribution is 2.37. The predicted octanol–water partition coefficient (Wildman–Crippen LogP) is 3.93. The molecule has 0 spiro atoms. The molecule has 1 aromatic rings. The second-order valence-electron chi connectivity index (χ2n) is 4.81. The van der Waals surface area contributed by atoms with Gasteiger partial charge in [-0.2, -0.15) is 0 Å². The fraction of sp³-hybridized carbons (Fsp3) is 0.357. The van der Waals surface area contributed by atoms with Gasteiger partial charge in [0.25, 0.3) is 0 Å². The van der Waals surface area contributed by atoms with E-state index < -0.39 is 0 Å². The number of benzene rings is 1. The molecule has 0 saturated heterocycles. The van der Waals surface area contributed by atoms with Crippen LogP contribution in [0, 0.1) is 20.8 Å². The van der Waals surface area contributed by atoms with E-state index in [1.54, 1.807) is 6.26 Å². The normalized spacial score (nSPS) is 23.9. The number of hydrogen-bond acceptors (Lipinski definition) is 3. The molecule has 2 aliphatic rings. The van der Waals surface area contributed by atoms with E-state index in [0.717, 1.165) is 28.0 Å². The average molecular weight is 298 g/mol. The van der Waals surface area contributed by atoms with Crippen LogP contribution in [0.1, 0.15) is 22.3 Å². The minimum absolute atomic E-state index is 0.146. The van der Waals surface area contributed by atoms with Gasteiger partial charge < -0.3 is 9.57 Å². The van der Waals surface area contributed by atoms with Crippen molar-refractivity contribution in [2.24, 2.45) is 5.16 Å². The Bertz CT molecular complexity index is 593. The van der Waals surface area contributed by atoms with Crippen molar-refractivity contribution in [3.8, 4) is 0 Å². The van der Waals surface area contributed by atoms with Gasteiger partial charge in [0.1, 0.15) is 5.71 Å². The van der Waals surface area contributed by atoms with E-state index in [-0.39, 0.29) is 12.2 Å². The fourth-order valence-corrected chi connectivity index (χ4v) is 3.02. The van der Waals surface area contributed by atoms with Crippen LogP contribution in [0.5, 0.6) is 0 Å². The maximum atomic E-state index is 6.34. The van der Waals surface area contributed by atoms with Crippen LogP contribution in [-0.4, -0.2) is 17.9 Å². The summed E-state index contributed by atoms with van der Waals surface area (Å²) in [5, 5.41) is 5.49. The summed E-state index contributed by atoms with van der Waals surface area (Å²) < 4.78 is 5.54. The highest BCUT2D eigenvalue weighted by Gasteiger charge is 2.39. The van der Waals surface area contributed by atoms with E-state index >= 15 is 0 Å². The van der Waals surface area contributed by atoms with Crippen molar-refractivity contribution in [2.45, 2.75) is 33.0 Å². The van der Waals surface area contributed by atoms with E-state index in [1.807, 2.05) is 26.8 Å². The van der Waals surface area contributed by atoms with Gasteiger partial charge in [0.2, 0.25) is 0 Å². The summed E-state index contributed by atoms with van der Waals surface area (Å²) in [6, 6.07) is 0. The number of ether oxygens (including phenoxy) is 1. The third-order valence-electron chi connectivity index (χ3n) is 3.66. The van der Waals surface area contributed by atoms with Gasteiger partial charge in [0.15, 0.2) is 12.2 Å². The molecule has 1 aromatic carbocycles. The molecular formula is C14H13Cl2NO2. The SMILES string of the molecule is Cc1c(Cl)c(C)c(C2=NOC3C=COC23)c(C)c1Cl. The molecule has 0 amide bonds. The standard InChI is InChI=1S/C14H13Cl2NO2/c1-6-10(7(2)12(16)8(3)11(6)15)13-14-9(19-17-13)4-5-18-14/h4-5,9,14H,1-3H3. The first kappa shape index (κ1) is 12.8. The molecule has 0 saturated carbocycles. The molecule has 0 fully saturated rings. The molecule has 3 rings (SSSR count). The first-order valence-electron chi connectivity index (χ1n) is 6.03. The topological polar surface area (TPSA) is 30.8 Å². The number of nitrogens with zero attached hydrogens (tertiary/aromatic N) is 1. The van der Waals surface area contributed by atoms with Crippen LogP contribution in [0.2, 0.25) is 10.0 Å². The minimum Gasteiger partial charge on any atom is -0.487 e. The molecule has 2 atom stereocenters. The van der Waals surface area contributed by atoms with Gasteiger partial charge in [0, 0.05) is 15.6 Å². The van der Waals surface area contributed by atoms with Crippen LogP contribution in [0.25, 0.3) is 0 Å². The summed E-state index contributed by atoms with van der Waals surface area (Å²) >= 11 is 12.7. The lowest BCUT2D eigenvalue weighted by atomic mass is 9.92. The van der Waals surface area contributed by atoms with Crippen LogP contribution < -0.4 is 0 Å². The molecule has 0 aliphatic carbocycles. The second kappa shape index (κ2) is 4.43. The van der Waals surface area contributed by atoms with Crippen LogP contribution >= 0.6 is 23.2 Å². The van der Waals surface area contributed by atoms with Crippen LogP contribution in [-0.2, 0) is 9.57 Å². The molecular weight excluding hydrogens is 285 g/mol. The Morgan fingerprint density at radius 3 is 2.32 bits per heavy atom. The zero-order chi connectivity index (χ0) is 13.7. The second-order valence-corrected chi connectivity index (χ2v) is 5.57. The summed E-state index contributed by atoms with van der Waals surface area (Å²) in [6.07, 6.45) is 3.15. The quantitative estimate of drug-likeness (QED) is 0.786. The van der Waals surface area contributed by atoms with E-state index in [0.29, 0.717) is 10.0 Å². The van der Waals surface area contributed by atoms with Crippen molar-refractivity contribution in [3.05, 3.63) is 44.6 Å². The van der Waals surface area contributed by atoms with Crippen molar-refractivity contribution in [1.82, 2.24) is 0 Å². The Kier molecular flexibility index (Phi) is 2.99. The molecule has 0 bridgehead atoms. The monoisotopic (exact) mass is 297 g/mol. The van der Waals surface area contributed by atoms with E-state index in [2.05, 4.69) is 5.16 Å². The van der Waals surface area contributed by atoms with Crippen LogP contribution in [0.3, 0.4) is 0 Å². The van der Waals surface area contributed by atoms with Gasteiger partial charge in [-0.05, 0) is 43.5 Å². The molecule has 5 heteroatoms. The highest BCUT2D eigenvalue weighted by atomic mass is 35.5. The average Bonchev–Trinajstić information content (AvgIpc) is 2.98. The minimum atomic E-state index is -0.202. The summed E-state index contributed by atoms with van der Waals surface area (Å²) in [6.45, 7) is 5.84. The van der Waals surface area contributed by atoms with Gasteiger partial charge >= 0.3 is 0 Å². The van der Waals surface area contributed by atoms with Crippen molar-refractivity contribution < 1.29 is 9.57 Å². The number of hydrogen-bond donors (Lipinski definition) is 0. The molecule has 19 heavy (non-hydrogen) atoms. The molecule has 0 N–H and O–H groups in total. The molecule has 100 valence electrons. The third-order valence-corrected chi connectivity index (χ3v) is 4.79. The molecule has 2 aliphatic heterocycles. The molecule has 2 unspecified atom stereocenters. The zero-order valence-corrected chi connectivity index (χ0v) is 12.3. The molecule has 0 radical (unpaired) electrons. The summed E-state index contributed by atoms with van der Waals surface area (Å²) in [5.74, 6) is 0. The Hall–Kier alpha value is -1.19. The Balaban J connectivity index is 2.17. The van der Waals surface area contributed by atoms with Gasteiger partial charge in [-0.25, -0.2) is 0 Å². The van der Waals surface area contributed by atoms with Crippen molar-refractivity contribution in [3.63, 3.8) is 0 Å². The van der Waals surface area contributed by atoms with Gasteiger partial charge in [-0.15, -0.1) is 0 Å². The first-order chi connectivity index (χ1) is 9.02. The number of rotatable bonds is 1. The summed E-state index contributed by atoms with van der Waals surface area (Å²) in [7, 11) is 0. The highest BCUT2D eigenvalue weighted by molar-refractivity contribution is 6.38.